The number of hydrogen-bond donors (Lipinski definition) is 1. The Kier molecular flexibility index (Phi) is 7.18. The Hall–Kier alpha value is -3.39. The van der Waals surface area contributed by atoms with E-state index in [9.17, 15) is 4.79 Å². The second kappa shape index (κ2) is 10.2. The summed E-state index contributed by atoms with van der Waals surface area (Å²) in [7, 11) is 3.15. The lowest BCUT2D eigenvalue weighted by molar-refractivity contribution is -0.126. The van der Waals surface area contributed by atoms with Gasteiger partial charge in [-0.25, -0.2) is 0 Å². The van der Waals surface area contributed by atoms with Gasteiger partial charge >= 0.3 is 0 Å². The number of nitrogens with zero attached hydrogens (tertiary/aromatic N) is 2. The van der Waals surface area contributed by atoms with Crippen LogP contribution in [-0.2, 0) is 22.6 Å². The van der Waals surface area contributed by atoms with Gasteiger partial charge in [0.25, 0.3) is 0 Å². The number of methoxy groups -OCH3 is 2. The lowest BCUT2D eigenvalue weighted by atomic mass is 10.2. The molecule has 3 aromatic rings. The normalized spacial score (nSPS) is 10.6. The quantitative estimate of drug-likeness (QED) is 0.562. The van der Waals surface area contributed by atoms with Crippen LogP contribution in [0.3, 0.4) is 0 Å². The molecule has 1 N–H and O–H groups in total. The van der Waals surface area contributed by atoms with E-state index in [1.807, 2.05) is 30.3 Å². The first-order valence-corrected chi connectivity index (χ1v) is 9.12. The molecule has 1 amide bonds. The zero-order valence-electron chi connectivity index (χ0n) is 16.4. The minimum absolute atomic E-state index is 0.00637. The van der Waals surface area contributed by atoms with Crippen molar-refractivity contribution in [1.82, 2.24) is 15.5 Å². The van der Waals surface area contributed by atoms with Crippen LogP contribution in [-0.4, -0.2) is 43.4 Å². The summed E-state index contributed by atoms with van der Waals surface area (Å²) in [5, 5.41) is 6.75. The van der Waals surface area contributed by atoms with Gasteiger partial charge in [-0.2, -0.15) is 4.98 Å². The topological polar surface area (TPSA) is 95.7 Å². The van der Waals surface area contributed by atoms with Crippen LogP contribution in [0.5, 0.6) is 11.5 Å². The highest BCUT2D eigenvalue weighted by Gasteiger charge is 2.12. The van der Waals surface area contributed by atoms with E-state index in [1.165, 1.54) is 0 Å². The third kappa shape index (κ3) is 6.05. The molecule has 1 aromatic heterocycles. The minimum atomic E-state index is -0.196. The Balaban J connectivity index is 1.45. The summed E-state index contributed by atoms with van der Waals surface area (Å²) >= 11 is 0. The molecule has 8 heteroatoms. The van der Waals surface area contributed by atoms with E-state index >= 15 is 0 Å². The third-order valence-electron chi connectivity index (χ3n) is 4.08. The van der Waals surface area contributed by atoms with Crippen LogP contribution in [0.2, 0.25) is 0 Å². The van der Waals surface area contributed by atoms with Crippen LogP contribution in [0.15, 0.2) is 53.1 Å². The number of ether oxygens (including phenoxy) is 3. The Morgan fingerprint density at radius 3 is 2.48 bits per heavy atom. The highest BCUT2D eigenvalue weighted by molar-refractivity contribution is 5.77. The lowest BCUT2D eigenvalue weighted by Gasteiger charge is -2.06. The van der Waals surface area contributed by atoms with Crippen molar-refractivity contribution in [3.63, 3.8) is 0 Å². The van der Waals surface area contributed by atoms with Crippen LogP contribution < -0.4 is 14.8 Å². The van der Waals surface area contributed by atoms with Crippen LogP contribution in [0.1, 0.15) is 11.5 Å². The third-order valence-corrected chi connectivity index (χ3v) is 4.08. The predicted octanol–water partition coefficient (Wildman–Crippen LogP) is 2.63. The largest absolute Gasteiger partial charge is 0.497 e. The van der Waals surface area contributed by atoms with Crippen LogP contribution in [0.25, 0.3) is 11.4 Å². The molecule has 0 fully saturated rings. The fourth-order valence-corrected chi connectivity index (χ4v) is 2.61. The zero-order chi connectivity index (χ0) is 20.5. The van der Waals surface area contributed by atoms with Crippen molar-refractivity contribution in [2.24, 2.45) is 0 Å². The average Bonchev–Trinajstić information content (AvgIpc) is 3.23. The molecule has 0 spiro atoms. The number of amides is 1. The van der Waals surface area contributed by atoms with Crippen LogP contribution in [0.4, 0.5) is 0 Å². The van der Waals surface area contributed by atoms with Gasteiger partial charge in [0.2, 0.25) is 17.6 Å². The fraction of sp³-hybridized carbons (Fsp3) is 0.286. The molecule has 8 nitrogen and oxygen atoms in total. The molecule has 0 aliphatic heterocycles. The predicted molar refractivity (Wildman–Crippen MR) is 106 cm³/mol. The lowest BCUT2D eigenvalue weighted by Crippen LogP contribution is -2.29. The van der Waals surface area contributed by atoms with Crippen molar-refractivity contribution >= 4 is 5.91 Å². The van der Waals surface area contributed by atoms with E-state index in [2.05, 4.69) is 15.5 Å². The van der Waals surface area contributed by atoms with Crippen molar-refractivity contribution in [2.75, 3.05) is 27.4 Å². The molecular formula is C21H23N3O5. The second-order valence-corrected chi connectivity index (χ2v) is 6.19. The number of carbonyl (C=O) groups excluding carboxylic acids is 1. The van der Waals surface area contributed by atoms with E-state index in [4.69, 9.17) is 18.7 Å². The highest BCUT2D eigenvalue weighted by Crippen LogP contribution is 2.28. The molecule has 0 aliphatic rings. The van der Waals surface area contributed by atoms with E-state index in [-0.39, 0.29) is 12.5 Å². The Morgan fingerprint density at radius 1 is 1.07 bits per heavy atom. The zero-order valence-corrected chi connectivity index (χ0v) is 16.4. The first kappa shape index (κ1) is 20.3. The van der Waals surface area contributed by atoms with Crippen LogP contribution in [0, 0.1) is 0 Å². The van der Waals surface area contributed by atoms with Gasteiger partial charge in [-0.05, 0) is 17.7 Å². The van der Waals surface area contributed by atoms with Gasteiger partial charge in [0.05, 0.1) is 20.8 Å². The van der Waals surface area contributed by atoms with Gasteiger partial charge in [0.1, 0.15) is 18.1 Å². The average molecular weight is 397 g/mol. The SMILES string of the molecule is COc1cc(OC)cc(-c2noc(CCNC(=O)COCc3ccccc3)n2)c1. The first-order valence-electron chi connectivity index (χ1n) is 9.12. The Labute approximate surface area is 168 Å². The van der Waals surface area contributed by atoms with E-state index in [0.717, 1.165) is 11.1 Å². The molecule has 0 bridgehead atoms. The van der Waals surface area contributed by atoms with Gasteiger partial charge in [0, 0.05) is 24.6 Å². The van der Waals surface area contributed by atoms with Crippen LogP contribution >= 0.6 is 0 Å². The fourth-order valence-electron chi connectivity index (χ4n) is 2.61. The summed E-state index contributed by atoms with van der Waals surface area (Å²) < 4.78 is 21.2. The standard InChI is InChI=1S/C21H23N3O5/c1-26-17-10-16(11-18(12-17)27-2)21-23-20(29-24-21)8-9-22-19(25)14-28-13-15-6-4-3-5-7-15/h3-7,10-12H,8-9,13-14H2,1-2H3,(H,22,25). The Bertz CT molecular complexity index is 905. The molecule has 2 aromatic carbocycles. The maximum atomic E-state index is 11.9. The molecule has 0 saturated carbocycles. The summed E-state index contributed by atoms with van der Waals surface area (Å²) in [5.74, 6) is 1.92. The van der Waals surface area contributed by atoms with Crippen molar-refractivity contribution in [3.8, 4) is 22.9 Å². The highest BCUT2D eigenvalue weighted by atomic mass is 16.5. The molecule has 0 unspecified atom stereocenters. The minimum Gasteiger partial charge on any atom is -0.497 e. The van der Waals surface area contributed by atoms with Crippen molar-refractivity contribution in [1.29, 1.82) is 0 Å². The van der Waals surface area contributed by atoms with Gasteiger partial charge in [0.15, 0.2) is 0 Å². The number of rotatable bonds is 10. The smallest absolute Gasteiger partial charge is 0.246 e. The number of nitrogens with one attached hydrogen (secondary N) is 1. The summed E-state index contributed by atoms with van der Waals surface area (Å²) in [6, 6.07) is 15.0. The summed E-state index contributed by atoms with van der Waals surface area (Å²) in [6.45, 7) is 0.759. The monoisotopic (exact) mass is 397 g/mol. The molecule has 152 valence electrons. The number of benzene rings is 2. The van der Waals surface area contributed by atoms with Gasteiger partial charge in [-0.1, -0.05) is 35.5 Å². The maximum Gasteiger partial charge on any atom is 0.246 e. The van der Waals surface area contributed by atoms with Gasteiger partial charge in [-0.15, -0.1) is 0 Å². The molecule has 0 saturated heterocycles. The van der Waals surface area contributed by atoms with Crippen molar-refractivity contribution in [3.05, 3.63) is 60.0 Å². The molecule has 1 heterocycles. The van der Waals surface area contributed by atoms with E-state index in [0.29, 0.717) is 42.8 Å². The molecule has 0 aliphatic carbocycles. The number of carbonyl (C=O) groups is 1. The molecule has 29 heavy (non-hydrogen) atoms. The number of hydrogen-bond acceptors (Lipinski definition) is 7. The van der Waals surface area contributed by atoms with Gasteiger partial charge < -0.3 is 24.1 Å². The molecule has 0 radical (unpaired) electrons. The molecule has 0 atom stereocenters. The van der Waals surface area contributed by atoms with Gasteiger partial charge in [-0.3, -0.25) is 4.79 Å². The first-order chi connectivity index (χ1) is 14.2. The summed E-state index contributed by atoms with van der Waals surface area (Å²) in [6.07, 6.45) is 0.415. The number of aromatic nitrogens is 2. The van der Waals surface area contributed by atoms with Crippen molar-refractivity contribution < 1.29 is 23.5 Å². The summed E-state index contributed by atoms with van der Waals surface area (Å²) in [5.41, 5.74) is 1.74. The van der Waals surface area contributed by atoms with Crippen molar-refractivity contribution in [2.45, 2.75) is 13.0 Å². The Morgan fingerprint density at radius 2 is 1.79 bits per heavy atom. The second-order valence-electron chi connectivity index (χ2n) is 6.19. The van der Waals surface area contributed by atoms with E-state index < -0.39 is 0 Å². The van der Waals surface area contributed by atoms with E-state index in [1.54, 1.807) is 32.4 Å². The molecular weight excluding hydrogens is 374 g/mol. The molecule has 3 rings (SSSR count). The maximum absolute atomic E-state index is 11.9. The summed E-state index contributed by atoms with van der Waals surface area (Å²) in [4.78, 5) is 16.2.